The lowest BCUT2D eigenvalue weighted by atomic mass is 10.4. The van der Waals surface area contributed by atoms with Crippen LogP contribution in [0.15, 0.2) is 50.2 Å². The van der Waals surface area contributed by atoms with Gasteiger partial charge in [0.2, 0.25) is 0 Å². The van der Waals surface area contributed by atoms with Crippen LogP contribution in [0.4, 0.5) is 0 Å². The molecule has 0 aliphatic carbocycles. The van der Waals surface area contributed by atoms with Gasteiger partial charge in [-0.25, -0.2) is 4.98 Å². The molecule has 3 aromatic rings. The van der Waals surface area contributed by atoms with Crippen LogP contribution >= 0.6 is 31.9 Å². The summed E-state index contributed by atoms with van der Waals surface area (Å²) >= 11 is 6.56. The highest BCUT2D eigenvalue weighted by Crippen LogP contribution is 2.14. The zero-order valence-electron chi connectivity index (χ0n) is 10.1. The number of furan rings is 1. The molecule has 7 heteroatoms. The van der Waals surface area contributed by atoms with Gasteiger partial charge in [-0.1, -0.05) is 0 Å². The van der Waals surface area contributed by atoms with E-state index in [0.717, 1.165) is 15.8 Å². The van der Waals surface area contributed by atoms with Gasteiger partial charge in [-0.15, -0.1) is 0 Å². The van der Waals surface area contributed by atoms with Crippen LogP contribution in [0.1, 0.15) is 16.2 Å². The molecule has 102 valence electrons. The number of pyridine rings is 1. The van der Waals surface area contributed by atoms with Crippen LogP contribution in [-0.4, -0.2) is 15.3 Å². The minimum Gasteiger partial charge on any atom is -0.444 e. The molecule has 0 radical (unpaired) electrons. The quantitative estimate of drug-likeness (QED) is 0.735. The Morgan fingerprint density at radius 3 is 2.85 bits per heavy atom. The Labute approximate surface area is 131 Å². The summed E-state index contributed by atoms with van der Waals surface area (Å²) in [5, 5.41) is 2.76. The van der Waals surface area contributed by atoms with E-state index in [1.165, 1.54) is 0 Å². The lowest BCUT2D eigenvalue weighted by Crippen LogP contribution is -2.22. The van der Waals surface area contributed by atoms with Crippen LogP contribution in [0.25, 0.3) is 5.65 Å². The number of imidazole rings is 1. The van der Waals surface area contributed by atoms with Crippen molar-refractivity contribution in [3.05, 3.63) is 57.3 Å². The van der Waals surface area contributed by atoms with Gasteiger partial charge in [0.05, 0.1) is 12.2 Å². The van der Waals surface area contributed by atoms with E-state index < -0.39 is 0 Å². The molecule has 0 aromatic carbocycles. The first-order valence-corrected chi connectivity index (χ1v) is 7.37. The number of carbonyl (C=O) groups is 1. The fourth-order valence-corrected chi connectivity index (χ4v) is 2.46. The molecule has 0 unspecified atom stereocenters. The van der Waals surface area contributed by atoms with E-state index in [9.17, 15) is 4.79 Å². The fourth-order valence-electron chi connectivity index (χ4n) is 1.80. The van der Waals surface area contributed by atoms with E-state index in [1.54, 1.807) is 12.1 Å². The number of amides is 1. The maximum atomic E-state index is 11.8. The Bertz CT molecular complexity index is 779. The van der Waals surface area contributed by atoms with Crippen LogP contribution in [-0.2, 0) is 6.54 Å². The van der Waals surface area contributed by atoms with Gasteiger partial charge in [-0.05, 0) is 56.1 Å². The van der Waals surface area contributed by atoms with Gasteiger partial charge in [0.15, 0.2) is 10.4 Å². The zero-order chi connectivity index (χ0) is 14.1. The first kappa shape index (κ1) is 13.4. The van der Waals surface area contributed by atoms with Crippen molar-refractivity contribution in [2.24, 2.45) is 0 Å². The summed E-state index contributed by atoms with van der Waals surface area (Å²) in [5.74, 6) is -0.00248. The minimum absolute atomic E-state index is 0.267. The van der Waals surface area contributed by atoms with Crippen molar-refractivity contribution in [2.45, 2.75) is 6.54 Å². The molecule has 1 N–H and O–H groups in total. The van der Waals surface area contributed by atoms with Crippen LogP contribution in [0.5, 0.6) is 0 Å². The van der Waals surface area contributed by atoms with Crippen LogP contribution in [0.3, 0.4) is 0 Å². The smallest absolute Gasteiger partial charge is 0.287 e. The predicted molar refractivity (Wildman–Crippen MR) is 80.5 cm³/mol. The molecular formula is C13H9Br2N3O2. The SMILES string of the molecule is O=C(NCc1cn2cc(Br)ccc2n1)c1ccc(Br)o1. The minimum atomic E-state index is -0.270. The van der Waals surface area contributed by atoms with E-state index in [2.05, 4.69) is 42.2 Å². The topological polar surface area (TPSA) is 59.5 Å². The number of rotatable bonds is 3. The first-order chi connectivity index (χ1) is 9.61. The first-order valence-electron chi connectivity index (χ1n) is 5.78. The van der Waals surface area contributed by atoms with E-state index in [0.29, 0.717) is 11.2 Å². The van der Waals surface area contributed by atoms with Gasteiger partial charge in [0.25, 0.3) is 5.91 Å². The highest BCUT2D eigenvalue weighted by molar-refractivity contribution is 9.10. The number of aromatic nitrogens is 2. The van der Waals surface area contributed by atoms with Gasteiger partial charge in [-0.2, -0.15) is 0 Å². The van der Waals surface area contributed by atoms with Crippen molar-refractivity contribution in [3.63, 3.8) is 0 Å². The molecule has 20 heavy (non-hydrogen) atoms. The van der Waals surface area contributed by atoms with Crippen molar-refractivity contribution >= 4 is 43.4 Å². The fraction of sp³-hybridized carbons (Fsp3) is 0.0769. The Hall–Kier alpha value is -1.60. The van der Waals surface area contributed by atoms with Crippen LogP contribution < -0.4 is 5.32 Å². The largest absolute Gasteiger partial charge is 0.444 e. The summed E-state index contributed by atoms with van der Waals surface area (Å²) in [6.07, 6.45) is 3.79. The summed E-state index contributed by atoms with van der Waals surface area (Å²) in [4.78, 5) is 16.2. The molecule has 0 bridgehead atoms. The molecule has 0 aliphatic heterocycles. The summed E-state index contributed by atoms with van der Waals surface area (Å²) in [5.41, 5.74) is 1.61. The van der Waals surface area contributed by atoms with Crippen molar-refractivity contribution in [2.75, 3.05) is 0 Å². The standard InChI is InChI=1S/C13H9Br2N3O2/c14-8-1-4-12-17-9(7-18(12)6-8)5-16-13(19)10-2-3-11(15)20-10/h1-4,6-7H,5H2,(H,16,19). The van der Waals surface area contributed by atoms with Crippen molar-refractivity contribution in [3.8, 4) is 0 Å². The molecule has 1 amide bonds. The molecule has 5 nitrogen and oxygen atoms in total. The molecule has 0 atom stereocenters. The number of carbonyl (C=O) groups excluding carboxylic acids is 1. The monoisotopic (exact) mass is 397 g/mol. The second kappa shape index (κ2) is 5.41. The Morgan fingerprint density at radius 2 is 2.10 bits per heavy atom. The number of hydrogen-bond acceptors (Lipinski definition) is 3. The number of nitrogens with one attached hydrogen (secondary N) is 1. The molecule has 3 aromatic heterocycles. The van der Waals surface area contributed by atoms with Gasteiger partial charge < -0.3 is 14.1 Å². The van der Waals surface area contributed by atoms with Gasteiger partial charge in [-0.3, -0.25) is 4.79 Å². The van der Waals surface area contributed by atoms with Crippen molar-refractivity contribution in [1.82, 2.24) is 14.7 Å². The molecule has 0 saturated carbocycles. The molecular weight excluding hydrogens is 390 g/mol. The van der Waals surface area contributed by atoms with Gasteiger partial charge >= 0.3 is 0 Å². The third-order valence-electron chi connectivity index (χ3n) is 2.69. The summed E-state index contributed by atoms with van der Waals surface area (Å²) in [7, 11) is 0. The summed E-state index contributed by atoms with van der Waals surface area (Å²) in [6.45, 7) is 0.344. The van der Waals surface area contributed by atoms with Gasteiger partial charge in [0.1, 0.15) is 5.65 Å². The van der Waals surface area contributed by atoms with E-state index in [-0.39, 0.29) is 11.7 Å². The molecule has 0 saturated heterocycles. The number of halogens is 2. The third kappa shape index (κ3) is 2.78. The van der Waals surface area contributed by atoms with E-state index in [1.807, 2.05) is 28.9 Å². The average molecular weight is 399 g/mol. The molecule has 3 heterocycles. The van der Waals surface area contributed by atoms with Crippen molar-refractivity contribution < 1.29 is 9.21 Å². The Morgan fingerprint density at radius 1 is 1.25 bits per heavy atom. The zero-order valence-corrected chi connectivity index (χ0v) is 13.3. The molecule has 3 rings (SSSR count). The number of hydrogen-bond donors (Lipinski definition) is 1. The van der Waals surface area contributed by atoms with Crippen LogP contribution in [0.2, 0.25) is 0 Å². The lowest BCUT2D eigenvalue weighted by Gasteiger charge is -1.99. The summed E-state index contributed by atoms with van der Waals surface area (Å²) in [6, 6.07) is 7.11. The molecule has 0 aliphatic rings. The second-order valence-electron chi connectivity index (χ2n) is 4.13. The maximum Gasteiger partial charge on any atom is 0.287 e. The normalized spacial score (nSPS) is 10.9. The number of fused-ring (bicyclic) bond motifs is 1. The second-order valence-corrected chi connectivity index (χ2v) is 5.83. The summed E-state index contributed by atoms with van der Waals surface area (Å²) < 4.78 is 8.58. The highest BCUT2D eigenvalue weighted by atomic mass is 79.9. The predicted octanol–water partition coefficient (Wildman–Crippen LogP) is 3.38. The Kier molecular flexibility index (Phi) is 3.62. The lowest BCUT2D eigenvalue weighted by molar-refractivity contribution is 0.0921. The van der Waals surface area contributed by atoms with Crippen LogP contribution in [0, 0.1) is 0 Å². The molecule has 0 fully saturated rings. The maximum absolute atomic E-state index is 11.8. The Balaban J connectivity index is 1.72. The average Bonchev–Trinajstić information content (AvgIpc) is 3.01. The third-order valence-corrected chi connectivity index (χ3v) is 3.59. The van der Waals surface area contributed by atoms with Crippen molar-refractivity contribution in [1.29, 1.82) is 0 Å². The number of nitrogens with zero attached hydrogens (tertiary/aromatic N) is 2. The highest BCUT2D eigenvalue weighted by Gasteiger charge is 2.10. The van der Waals surface area contributed by atoms with E-state index >= 15 is 0 Å². The van der Waals surface area contributed by atoms with E-state index in [4.69, 9.17) is 4.42 Å². The van der Waals surface area contributed by atoms with Gasteiger partial charge in [0, 0.05) is 16.9 Å². The molecule has 0 spiro atoms.